The maximum atomic E-state index is 5.86. The maximum absolute atomic E-state index is 5.86. The molecule has 0 aliphatic heterocycles. The number of fused-ring (bicyclic) bond motifs is 2. The van der Waals surface area contributed by atoms with Gasteiger partial charge in [-0.05, 0) is 23.6 Å². The Morgan fingerprint density at radius 2 is 2.05 bits per heavy atom. The van der Waals surface area contributed by atoms with Gasteiger partial charge in [-0.2, -0.15) is 0 Å². The van der Waals surface area contributed by atoms with E-state index >= 15 is 0 Å². The van der Waals surface area contributed by atoms with Gasteiger partial charge < -0.3 is 5.73 Å². The molecular formula is C14H10N4S. The Morgan fingerprint density at radius 1 is 1.16 bits per heavy atom. The molecule has 2 N–H and O–H groups in total. The number of nitrogens with zero attached hydrogens (tertiary/aromatic N) is 3. The van der Waals surface area contributed by atoms with Crippen molar-refractivity contribution in [3.8, 4) is 10.4 Å². The lowest BCUT2D eigenvalue weighted by Gasteiger charge is -2.02. The first kappa shape index (κ1) is 10.5. The van der Waals surface area contributed by atoms with E-state index in [9.17, 15) is 0 Å². The zero-order chi connectivity index (χ0) is 12.8. The average molecular weight is 266 g/mol. The second-order valence-electron chi connectivity index (χ2n) is 4.33. The van der Waals surface area contributed by atoms with Crippen molar-refractivity contribution in [2.24, 2.45) is 0 Å². The highest BCUT2D eigenvalue weighted by Gasteiger charge is 2.11. The van der Waals surface area contributed by atoms with Gasteiger partial charge in [0.2, 0.25) is 0 Å². The van der Waals surface area contributed by atoms with Crippen LogP contribution in [0.5, 0.6) is 0 Å². The lowest BCUT2D eigenvalue weighted by molar-refractivity contribution is 0.947. The van der Waals surface area contributed by atoms with Crippen molar-refractivity contribution in [3.05, 3.63) is 48.8 Å². The number of nitrogens with two attached hydrogens (primary N) is 1. The maximum Gasteiger partial charge on any atom is 0.162 e. The molecule has 0 atom stereocenters. The van der Waals surface area contributed by atoms with Gasteiger partial charge in [0.25, 0.3) is 0 Å². The number of hydrogen-bond acceptors (Lipinski definition) is 4. The van der Waals surface area contributed by atoms with Crippen LogP contribution in [-0.4, -0.2) is 14.6 Å². The number of nitrogen functional groups attached to an aromatic ring is 1. The first-order valence-corrected chi connectivity index (χ1v) is 6.72. The van der Waals surface area contributed by atoms with Gasteiger partial charge in [-0.15, -0.1) is 16.4 Å². The Hall–Kier alpha value is -2.40. The standard InChI is InChI=1S/C14H10N4S/c15-13-8-10(14-16-5-6-18(14)17-13)12-7-9-3-1-2-4-11(9)19-12/h1-8H,(H2,15,17). The van der Waals surface area contributed by atoms with Gasteiger partial charge in [-0.3, -0.25) is 0 Å². The van der Waals surface area contributed by atoms with Gasteiger partial charge >= 0.3 is 0 Å². The van der Waals surface area contributed by atoms with Crippen LogP contribution in [0.3, 0.4) is 0 Å². The molecule has 0 saturated heterocycles. The van der Waals surface area contributed by atoms with E-state index in [1.165, 1.54) is 10.1 Å². The minimum absolute atomic E-state index is 0.498. The first-order chi connectivity index (χ1) is 9.31. The predicted molar refractivity (Wildman–Crippen MR) is 78.2 cm³/mol. The summed E-state index contributed by atoms with van der Waals surface area (Å²) in [5, 5.41) is 5.45. The van der Waals surface area contributed by atoms with E-state index in [0.29, 0.717) is 5.82 Å². The summed E-state index contributed by atoms with van der Waals surface area (Å²) in [6, 6.07) is 12.4. The highest BCUT2D eigenvalue weighted by atomic mass is 32.1. The topological polar surface area (TPSA) is 56.2 Å². The van der Waals surface area contributed by atoms with Crippen molar-refractivity contribution in [3.63, 3.8) is 0 Å². The molecule has 19 heavy (non-hydrogen) atoms. The zero-order valence-electron chi connectivity index (χ0n) is 9.95. The van der Waals surface area contributed by atoms with Gasteiger partial charge in [0, 0.05) is 27.5 Å². The summed E-state index contributed by atoms with van der Waals surface area (Å²) in [4.78, 5) is 5.52. The lowest BCUT2D eigenvalue weighted by Crippen LogP contribution is -1.98. The molecule has 92 valence electrons. The normalized spacial score (nSPS) is 11.4. The summed E-state index contributed by atoms with van der Waals surface area (Å²) in [5.41, 5.74) is 7.72. The van der Waals surface area contributed by atoms with Crippen LogP contribution in [-0.2, 0) is 0 Å². The Balaban J connectivity index is 2.05. The number of hydrogen-bond donors (Lipinski definition) is 1. The third-order valence-electron chi connectivity index (χ3n) is 3.07. The van der Waals surface area contributed by atoms with E-state index in [-0.39, 0.29) is 0 Å². The molecule has 0 saturated carbocycles. The zero-order valence-corrected chi connectivity index (χ0v) is 10.8. The minimum Gasteiger partial charge on any atom is -0.382 e. The number of rotatable bonds is 1. The number of aromatic nitrogens is 3. The molecule has 0 radical (unpaired) electrons. The minimum atomic E-state index is 0.498. The number of benzene rings is 1. The average Bonchev–Trinajstić information content (AvgIpc) is 3.03. The van der Waals surface area contributed by atoms with Gasteiger partial charge in [-0.25, -0.2) is 9.50 Å². The molecule has 0 bridgehead atoms. The monoisotopic (exact) mass is 266 g/mol. The molecule has 0 fully saturated rings. The third-order valence-corrected chi connectivity index (χ3v) is 4.22. The molecule has 0 unspecified atom stereocenters. The van der Waals surface area contributed by atoms with E-state index in [1.54, 1.807) is 22.0 Å². The second-order valence-corrected chi connectivity index (χ2v) is 5.41. The van der Waals surface area contributed by atoms with Gasteiger partial charge in [0.15, 0.2) is 5.65 Å². The number of anilines is 1. The molecule has 1 aromatic carbocycles. The van der Waals surface area contributed by atoms with Gasteiger partial charge in [0.05, 0.1) is 0 Å². The molecular weight excluding hydrogens is 256 g/mol. The van der Waals surface area contributed by atoms with Crippen LogP contribution >= 0.6 is 11.3 Å². The summed E-state index contributed by atoms with van der Waals surface area (Å²) < 4.78 is 2.98. The summed E-state index contributed by atoms with van der Waals surface area (Å²) in [6.45, 7) is 0. The van der Waals surface area contributed by atoms with Crippen LogP contribution in [0, 0.1) is 0 Å². The SMILES string of the molecule is Nc1cc(-c2cc3ccccc3s2)c2nccn2n1. The number of thiophene rings is 1. The third kappa shape index (κ3) is 1.59. The number of imidazole rings is 1. The van der Waals surface area contributed by atoms with Crippen LogP contribution in [0.2, 0.25) is 0 Å². The Labute approximate surface area is 113 Å². The summed E-state index contributed by atoms with van der Waals surface area (Å²) in [5.74, 6) is 0.498. The molecule has 3 heterocycles. The van der Waals surface area contributed by atoms with E-state index in [4.69, 9.17) is 5.73 Å². The Bertz CT molecular complexity index is 858. The molecule has 5 heteroatoms. The quantitative estimate of drug-likeness (QED) is 0.575. The highest BCUT2D eigenvalue weighted by Crippen LogP contribution is 2.35. The Morgan fingerprint density at radius 3 is 2.95 bits per heavy atom. The molecule has 4 nitrogen and oxygen atoms in total. The van der Waals surface area contributed by atoms with Crippen LogP contribution in [0.4, 0.5) is 5.82 Å². The largest absolute Gasteiger partial charge is 0.382 e. The fourth-order valence-corrected chi connectivity index (χ4v) is 3.31. The van der Waals surface area contributed by atoms with E-state index < -0.39 is 0 Å². The summed E-state index contributed by atoms with van der Waals surface area (Å²) >= 11 is 1.74. The smallest absolute Gasteiger partial charge is 0.162 e. The van der Waals surface area contributed by atoms with Crippen molar-refractivity contribution < 1.29 is 0 Å². The highest BCUT2D eigenvalue weighted by molar-refractivity contribution is 7.22. The van der Waals surface area contributed by atoms with Crippen LogP contribution in [0.1, 0.15) is 0 Å². The molecule has 0 spiro atoms. The molecule has 4 aromatic rings. The first-order valence-electron chi connectivity index (χ1n) is 5.90. The fourth-order valence-electron chi connectivity index (χ4n) is 2.23. The molecule has 3 aromatic heterocycles. The second kappa shape index (κ2) is 3.80. The van der Waals surface area contributed by atoms with Gasteiger partial charge in [0.1, 0.15) is 5.82 Å². The van der Waals surface area contributed by atoms with Crippen molar-refractivity contribution in [1.29, 1.82) is 0 Å². The molecule has 0 amide bonds. The van der Waals surface area contributed by atoms with Crippen LogP contribution in [0.15, 0.2) is 48.8 Å². The van der Waals surface area contributed by atoms with Crippen molar-refractivity contribution in [2.75, 3.05) is 5.73 Å². The van der Waals surface area contributed by atoms with E-state index in [1.807, 2.05) is 18.3 Å². The van der Waals surface area contributed by atoms with Gasteiger partial charge in [-0.1, -0.05) is 18.2 Å². The lowest BCUT2D eigenvalue weighted by atomic mass is 10.2. The molecule has 0 aliphatic carbocycles. The van der Waals surface area contributed by atoms with Crippen molar-refractivity contribution >= 4 is 32.9 Å². The molecule has 0 aliphatic rings. The fraction of sp³-hybridized carbons (Fsp3) is 0. The predicted octanol–water partition coefficient (Wildman–Crippen LogP) is 3.19. The molecule has 4 rings (SSSR count). The van der Waals surface area contributed by atoms with E-state index in [2.05, 4.69) is 34.3 Å². The van der Waals surface area contributed by atoms with Crippen LogP contribution in [0.25, 0.3) is 26.2 Å². The van der Waals surface area contributed by atoms with Crippen LogP contribution < -0.4 is 5.73 Å². The van der Waals surface area contributed by atoms with Crippen molar-refractivity contribution in [1.82, 2.24) is 14.6 Å². The van der Waals surface area contributed by atoms with E-state index in [0.717, 1.165) is 16.1 Å². The Kier molecular flexibility index (Phi) is 2.10. The summed E-state index contributed by atoms with van der Waals surface area (Å²) in [6.07, 6.45) is 3.54. The summed E-state index contributed by atoms with van der Waals surface area (Å²) in [7, 11) is 0. The van der Waals surface area contributed by atoms with Crippen molar-refractivity contribution in [2.45, 2.75) is 0 Å².